The van der Waals surface area contributed by atoms with Crippen molar-refractivity contribution in [1.82, 2.24) is 14.9 Å². The first kappa shape index (κ1) is 10.6. The number of aromatic nitrogens is 2. The Morgan fingerprint density at radius 3 is 2.87 bits per heavy atom. The SMILES string of the molecule is CN1CCCN(c2cc(Cl)ncn2)CC1. The summed E-state index contributed by atoms with van der Waals surface area (Å²) >= 11 is 5.85. The first-order valence-corrected chi connectivity index (χ1v) is 5.54. The third-order valence-electron chi connectivity index (χ3n) is 2.66. The Morgan fingerprint density at radius 2 is 2.07 bits per heavy atom. The van der Waals surface area contributed by atoms with E-state index in [1.54, 1.807) is 0 Å². The molecule has 0 bridgehead atoms. The van der Waals surface area contributed by atoms with E-state index in [0.29, 0.717) is 5.15 Å². The number of anilines is 1. The van der Waals surface area contributed by atoms with Crippen molar-refractivity contribution in [3.05, 3.63) is 17.5 Å². The van der Waals surface area contributed by atoms with Gasteiger partial charge in [0, 0.05) is 25.7 Å². The summed E-state index contributed by atoms with van der Waals surface area (Å²) in [4.78, 5) is 12.7. The Bertz CT molecular complexity index is 331. The van der Waals surface area contributed by atoms with Gasteiger partial charge in [-0.15, -0.1) is 0 Å². The maximum atomic E-state index is 5.85. The van der Waals surface area contributed by atoms with Gasteiger partial charge in [-0.2, -0.15) is 0 Å². The number of likely N-dealkylation sites (N-methyl/N-ethyl adjacent to an activating group) is 1. The predicted octanol–water partition coefficient (Wildman–Crippen LogP) is 1.27. The summed E-state index contributed by atoms with van der Waals surface area (Å²) < 4.78 is 0. The number of rotatable bonds is 1. The second kappa shape index (κ2) is 4.77. The molecule has 82 valence electrons. The zero-order valence-corrected chi connectivity index (χ0v) is 9.61. The van der Waals surface area contributed by atoms with E-state index in [1.165, 1.54) is 6.33 Å². The maximum absolute atomic E-state index is 5.85. The van der Waals surface area contributed by atoms with Crippen molar-refractivity contribution < 1.29 is 0 Å². The molecule has 0 aliphatic carbocycles. The molecule has 2 rings (SSSR count). The van der Waals surface area contributed by atoms with E-state index in [1.807, 2.05) is 6.07 Å². The van der Waals surface area contributed by atoms with E-state index in [2.05, 4.69) is 26.8 Å². The lowest BCUT2D eigenvalue weighted by Gasteiger charge is -2.21. The summed E-state index contributed by atoms with van der Waals surface area (Å²) in [6.45, 7) is 4.26. The maximum Gasteiger partial charge on any atom is 0.134 e. The lowest BCUT2D eigenvalue weighted by atomic mass is 10.4. The highest BCUT2D eigenvalue weighted by molar-refractivity contribution is 6.29. The number of hydrogen-bond donors (Lipinski definition) is 0. The molecule has 0 saturated carbocycles. The van der Waals surface area contributed by atoms with Crippen LogP contribution in [0.1, 0.15) is 6.42 Å². The molecule has 0 radical (unpaired) electrons. The van der Waals surface area contributed by atoms with Crippen LogP contribution in [0.3, 0.4) is 0 Å². The van der Waals surface area contributed by atoms with Crippen LogP contribution in [-0.2, 0) is 0 Å². The normalized spacial score (nSPS) is 18.9. The van der Waals surface area contributed by atoms with E-state index in [9.17, 15) is 0 Å². The molecule has 0 atom stereocenters. The van der Waals surface area contributed by atoms with E-state index in [4.69, 9.17) is 11.6 Å². The van der Waals surface area contributed by atoms with Crippen LogP contribution in [0.25, 0.3) is 0 Å². The molecule has 0 unspecified atom stereocenters. The standard InChI is InChI=1S/C10H15ClN4/c1-14-3-2-4-15(6-5-14)10-7-9(11)12-8-13-10/h7-8H,2-6H2,1H3. The third-order valence-corrected chi connectivity index (χ3v) is 2.87. The first-order chi connectivity index (χ1) is 7.25. The molecule has 1 aromatic rings. The summed E-state index contributed by atoms with van der Waals surface area (Å²) in [7, 11) is 2.15. The molecule has 1 aliphatic rings. The third kappa shape index (κ3) is 2.79. The zero-order valence-electron chi connectivity index (χ0n) is 8.86. The fourth-order valence-corrected chi connectivity index (χ4v) is 1.91. The minimum Gasteiger partial charge on any atom is -0.355 e. The van der Waals surface area contributed by atoms with Gasteiger partial charge in [0.15, 0.2) is 0 Å². The van der Waals surface area contributed by atoms with Crippen molar-refractivity contribution in [3.63, 3.8) is 0 Å². The van der Waals surface area contributed by atoms with Crippen LogP contribution in [-0.4, -0.2) is 48.1 Å². The van der Waals surface area contributed by atoms with Gasteiger partial charge in [0.25, 0.3) is 0 Å². The molecule has 0 spiro atoms. The minimum atomic E-state index is 0.512. The Morgan fingerprint density at radius 1 is 1.20 bits per heavy atom. The van der Waals surface area contributed by atoms with Crippen molar-refractivity contribution in [2.45, 2.75) is 6.42 Å². The summed E-state index contributed by atoms with van der Waals surface area (Å²) in [5.74, 6) is 0.935. The molecule has 0 amide bonds. The molecule has 2 heterocycles. The lowest BCUT2D eigenvalue weighted by molar-refractivity contribution is 0.360. The summed E-state index contributed by atoms with van der Waals surface area (Å²) in [5.41, 5.74) is 0. The fourth-order valence-electron chi connectivity index (χ4n) is 1.77. The van der Waals surface area contributed by atoms with Crippen molar-refractivity contribution in [2.75, 3.05) is 38.1 Å². The van der Waals surface area contributed by atoms with Gasteiger partial charge in [0.05, 0.1) is 0 Å². The molecular formula is C10H15ClN4. The van der Waals surface area contributed by atoms with Crippen LogP contribution >= 0.6 is 11.6 Å². The van der Waals surface area contributed by atoms with Crippen molar-refractivity contribution in [1.29, 1.82) is 0 Å². The molecule has 5 heteroatoms. The van der Waals surface area contributed by atoms with Gasteiger partial charge in [-0.25, -0.2) is 9.97 Å². The van der Waals surface area contributed by atoms with Gasteiger partial charge in [-0.05, 0) is 20.0 Å². The first-order valence-electron chi connectivity index (χ1n) is 5.17. The predicted molar refractivity (Wildman–Crippen MR) is 61.4 cm³/mol. The fraction of sp³-hybridized carbons (Fsp3) is 0.600. The van der Waals surface area contributed by atoms with E-state index >= 15 is 0 Å². The molecule has 4 nitrogen and oxygen atoms in total. The Labute approximate surface area is 94.9 Å². The number of halogens is 1. The molecule has 15 heavy (non-hydrogen) atoms. The van der Waals surface area contributed by atoms with Crippen LogP contribution in [0.2, 0.25) is 5.15 Å². The second-order valence-electron chi connectivity index (χ2n) is 3.84. The monoisotopic (exact) mass is 226 g/mol. The topological polar surface area (TPSA) is 32.3 Å². The Hall–Kier alpha value is -0.870. The highest BCUT2D eigenvalue weighted by Crippen LogP contribution is 2.15. The highest BCUT2D eigenvalue weighted by atomic mass is 35.5. The number of hydrogen-bond acceptors (Lipinski definition) is 4. The van der Waals surface area contributed by atoms with Gasteiger partial charge in [-0.1, -0.05) is 11.6 Å². The van der Waals surface area contributed by atoms with Gasteiger partial charge in [0.1, 0.15) is 17.3 Å². The summed E-state index contributed by atoms with van der Waals surface area (Å²) in [5, 5.41) is 0.512. The average molecular weight is 227 g/mol. The van der Waals surface area contributed by atoms with Gasteiger partial charge in [0.2, 0.25) is 0 Å². The van der Waals surface area contributed by atoms with Crippen LogP contribution in [0.15, 0.2) is 12.4 Å². The van der Waals surface area contributed by atoms with Crippen molar-refractivity contribution in [2.24, 2.45) is 0 Å². The molecule has 1 saturated heterocycles. The van der Waals surface area contributed by atoms with Crippen LogP contribution in [0.4, 0.5) is 5.82 Å². The van der Waals surface area contributed by atoms with Crippen molar-refractivity contribution in [3.8, 4) is 0 Å². The van der Waals surface area contributed by atoms with Crippen LogP contribution in [0, 0.1) is 0 Å². The zero-order chi connectivity index (χ0) is 10.7. The summed E-state index contributed by atoms with van der Waals surface area (Å²) in [6.07, 6.45) is 2.68. The van der Waals surface area contributed by atoms with Crippen LogP contribution in [0.5, 0.6) is 0 Å². The quantitative estimate of drug-likeness (QED) is 0.676. The van der Waals surface area contributed by atoms with E-state index < -0.39 is 0 Å². The van der Waals surface area contributed by atoms with Crippen molar-refractivity contribution >= 4 is 17.4 Å². The molecule has 0 aromatic carbocycles. The molecule has 0 N–H and O–H groups in total. The number of nitrogens with zero attached hydrogens (tertiary/aromatic N) is 4. The molecular weight excluding hydrogens is 212 g/mol. The second-order valence-corrected chi connectivity index (χ2v) is 4.23. The largest absolute Gasteiger partial charge is 0.355 e. The summed E-state index contributed by atoms with van der Waals surface area (Å²) in [6, 6.07) is 1.83. The van der Waals surface area contributed by atoms with Gasteiger partial charge in [-0.3, -0.25) is 0 Å². The molecule has 1 fully saturated rings. The van der Waals surface area contributed by atoms with E-state index in [0.717, 1.165) is 38.4 Å². The highest BCUT2D eigenvalue weighted by Gasteiger charge is 2.13. The Kier molecular flexibility index (Phi) is 3.38. The Balaban J connectivity index is 2.09. The van der Waals surface area contributed by atoms with Gasteiger partial charge < -0.3 is 9.80 Å². The van der Waals surface area contributed by atoms with Gasteiger partial charge >= 0.3 is 0 Å². The van der Waals surface area contributed by atoms with E-state index in [-0.39, 0.29) is 0 Å². The van der Waals surface area contributed by atoms with Crippen LogP contribution < -0.4 is 4.90 Å². The molecule has 1 aromatic heterocycles. The average Bonchev–Trinajstić information content (AvgIpc) is 2.43. The minimum absolute atomic E-state index is 0.512. The molecule has 1 aliphatic heterocycles. The lowest BCUT2D eigenvalue weighted by Crippen LogP contribution is -2.29. The smallest absolute Gasteiger partial charge is 0.134 e.